The predicted octanol–water partition coefficient (Wildman–Crippen LogP) is 2.71. The minimum atomic E-state index is 0.717. The van der Waals surface area contributed by atoms with Gasteiger partial charge in [0.2, 0.25) is 0 Å². The van der Waals surface area contributed by atoms with E-state index in [-0.39, 0.29) is 0 Å². The molecule has 17 heavy (non-hydrogen) atoms. The molecule has 0 aliphatic rings. The van der Waals surface area contributed by atoms with Gasteiger partial charge in [0.15, 0.2) is 0 Å². The zero-order valence-electron chi connectivity index (χ0n) is 11.9. The minimum Gasteiger partial charge on any atom is -0.379 e. The van der Waals surface area contributed by atoms with Gasteiger partial charge in [-0.1, -0.05) is 13.8 Å². The number of rotatable bonds is 12. The van der Waals surface area contributed by atoms with Crippen LogP contribution in [0.1, 0.15) is 26.7 Å². The van der Waals surface area contributed by atoms with Crippen LogP contribution in [0.2, 0.25) is 0 Å². The SMILES string of the molecule is CSCN(C)CCOCCOCCCC(C)C. The molecule has 0 aromatic carbocycles. The van der Waals surface area contributed by atoms with E-state index in [9.17, 15) is 0 Å². The Balaban J connectivity index is 3.03. The first kappa shape index (κ1) is 17.2. The fourth-order valence-corrected chi connectivity index (χ4v) is 1.99. The third-order valence-corrected chi connectivity index (χ3v) is 3.11. The molecule has 0 saturated carbocycles. The summed E-state index contributed by atoms with van der Waals surface area (Å²) in [6.45, 7) is 8.59. The van der Waals surface area contributed by atoms with Crippen LogP contribution in [0.3, 0.4) is 0 Å². The molecule has 0 radical (unpaired) electrons. The first-order valence-electron chi connectivity index (χ1n) is 6.49. The lowest BCUT2D eigenvalue weighted by Crippen LogP contribution is -2.23. The molecule has 0 rings (SSSR count). The van der Waals surface area contributed by atoms with Crippen LogP contribution in [0.15, 0.2) is 0 Å². The summed E-state index contributed by atoms with van der Waals surface area (Å²) in [7, 11) is 2.11. The molecular formula is C13H29NO2S. The van der Waals surface area contributed by atoms with Crippen LogP contribution in [0.25, 0.3) is 0 Å². The molecule has 0 aromatic heterocycles. The first-order valence-corrected chi connectivity index (χ1v) is 7.89. The second kappa shape index (κ2) is 12.7. The van der Waals surface area contributed by atoms with Gasteiger partial charge in [0.05, 0.1) is 19.8 Å². The molecular weight excluding hydrogens is 234 g/mol. The molecule has 0 aliphatic carbocycles. The number of thioether (sulfide) groups is 1. The zero-order chi connectivity index (χ0) is 12.9. The Morgan fingerprint density at radius 3 is 2.29 bits per heavy atom. The standard InChI is InChI=1S/C13H29NO2S/c1-13(2)6-5-8-15-10-11-16-9-7-14(3)12-17-4/h13H,5-12H2,1-4H3. The Labute approximate surface area is 111 Å². The molecule has 0 aliphatic heterocycles. The number of ether oxygens (including phenoxy) is 2. The van der Waals surface area contributed by atoms with Gasteiger partial charge in [-0.25, -0.2) is 0 Å². The molecule has 0 saturated heterocycles. The van der Waals surface area contributed by atoms with Gasteiger partial charge < -0.3 is 9.47 Å². The molecule has 0 spiro atoms. The van der Waals surface area contributed by atoms with E-state index in [1.54, 1.807) is 0 Å². The summed E-state index contributed by atoms with van der Waals surface area (Å²) in [6, 6.07) is 0. The van der Waals surface area contributed by atoms with Crippen LogP contribution in [-0.2, 0) is 9.47 Å². The van der Waals surface area contributed by atoms with Crippen LogP contribution >= 0.6 is 11.8 Å². The molecule has 3 nitrogen and oxygen atoms in total. The van der Waals surface area contributed by atoms with Crippen LogP contribution in [0.4, 0.5) is 0 Å². The normalized spacial score (nSPS) is 11.6. The number of nitrogens with zero attached hydrogens (tertiary/aromatic N) is 1. The lowest BCUT2D eigenvalue weighted by atomic mass is 10.1. The van der Waals surface area contributed by atoms with Gasteiger partial charge >= 0.3 is 0 Å². The summed E-state index contributed by atoms with van der Waals surface area (Å²) in [6.07, 6.45) is 4.52. The van der Waals surface area contributed by atoms with Crippen molar-refractivity contribution in [3.63, 3.8) is 0 Å². The Morgan fingerprint density at radius 2 is 1.71 bits per heavy atom. The fourth-order valence-electron chi connectivity index (χ4n) is 1.42. The fraction of sp³-hybridized carbons (Fsp3) is 1.00. The summed E-state index contributed by atoms with van der Waals surface area (Å²) in [5.41, 5.74) is 0. The van der Waals surface area contributed by atoms with E-state index in [0.29, 0.717) is 0 Å². The van der Waals surface area contributed by atoms with Gasteiger partial charge in [-0.05, 0) is 32.1 Å². The summed E-state index contributed by atoms with van der Waals surface area (Å²) < 4.78 is 11.0. The van der Waals surface area contributed by atoms with E-state index >= 15 is 0 Å². The van der Waals surface area contributed by atoms with Gasteiger partial charge in [0, 0.05) is 19.0 Å². The second-order valence-electron chi connectivity index (χ2n) is 4.76. The van der Waals surface area contributed by atoms with Crippen LogP contribution in [0, 0.1) is 5.92 Å². The lowest BCUT2D eigenvalue weighted by Gasteiger charge is -2.14. The lowest BCUT2D eigenvalue weighted by molar-refractivity contribution is 0.0405. The molecule has 104 valence electrons. The number of hydrogen-bond donors (Lipinski definition) is 0. The zero-order valence-corrected chi connectivity index (χ0v) is 12.7. The smallest absolute Gasteiger partial charge is 0.0701 e. The third-order valence-electron chi connectivity index (χ3n) is 2.41. The second-order valence-corrected chi connectivity index (χ2v) is 5.59. The average molecular weight is 263 g/mol. The van der Waals surface area contributed by atoms with Gasteiger partial charge in [-0.2, -0.15) is 0 Å². The van der Waals surface area contributed by atoms with Crippen molar-refractivity contribution < 1.29 is 9.47 Å². The largest absolute Gasteiger partial charge is 0.379 e. The van der Waals surface area contributed by atoms with Crippen LogP contribution in [0.5, 0.6) is 0 Å². The van der Waals surface area contributed by atoms with Crippen molar-refractivity contribution in [2.45, 2.75) is 26.7 Å². The Hall–Kier alpha value is 0.230. The summed E-state index contributed by atoms with van der Waals surface area (Å²) in [5, 5.41) is 0. The molecule has 0 N–H and O–H groups in total. The quantitative estimate of drug-likeness (QED) is 0.399. The van der Waals surface area contributed by atoms with E-state index < -0.39 is 0 Å². The van der Waals surface area contributed by atoms with Gasteiger partial charge in [0.25, 0.3) is 0 Å². The van der Waals surface area contributed by atoms with E-state index in [0.717, 1.165) is 51.2 Å². The van der Waals surface area contributed by atoms with Crippen molar-refractivity contribution >= 4 is 11.8 Å². The number of likely N-dealkylation sites (N-methyl/N-ethyl adjacent to an activating group) is 1. The molecule has 0 aromatic rings. The van der Waals surface area contributed by atoms with Crippen molar-refractivity contribution in [3.8, 4) is 0 Å². The molecule has 0 amide bonds. The highest BCUT2D eigenvalue weighted by Crippen LogP contribution is 2.02. The molecule has 0 fully saturated rings. The van der Waals surface area contributed by atoms with Crippen molar-refractivity contribution in [3.05, 3.63) is 0 Å². The van der Waals surface area contributed by atoms with Gasteiger partial charge in [-0.15, -0.1) is 11.8 Å². The first-order chi connectivity index (χ1) is 8.16. The van der Waals surface area contributed by atoms with Gasteiger partial charge in [-0.3, -0.25) is 4.90 Å². The molecule has 0 unspecified atom stereocenters. The van der Waals surface area contributed by atoms with Gasteiger partial charge in [0.1, 0.15) is 0 Å². The van der Waals surface area contributed by atoms with E-state index in [1.807, 2.05) is 11.8 Å². The molecule has 0 bridgehead atoms. The minimum absolute atomic E-state index is 0.717. The van der Waals surface area contributed by atoms with E-state index in [2.05, 4.69) is 32.1 Å². The maximum Gasteiger partial charge on any atom is 0.0701 e. The Morgan fingerprint density at radius 1 is 1.06 bits per heavy atom. The number of hydrogen-bond acceptors (Lipinski definition) is 4. The van der Waals surface area contributed by atoms with Crippen LogP contribution in [-0.4, -0.2) is 57.1 Å². The molecule has 0 atom stereocenters. The van der Waals surface area contributed by atoms with Crippen LogP contribution < -0.4 is 0 Å². The topological polar surface area (TPSA) is 21.7 Å². The molecule has 0 heterocycles. The highest BCUT2D eigenvalue weighted by Gasteiger charge is 1.97. The monoisotopic (exact) mass is 263 g/mol. The van der Waals surface area contributed by atoms with Crippen molar-refractivity contribution in [2.24, 2.45) is 5.92 Å². The molecule has 4 heteroatoms. The predicted molar refractivity (Wildman–Crippen MR) is 76.7 cm³/mol. The Bertz CT molecular complexity index is 156. The maximum atomic E-state index is 5.50. The van der Waals surface area contributed by atoms with E-state index in [1.165, 1.54) is 6.42 Å². The average Bonchev–Trinajstić information content (AvgIpc) is 2.27. The third kappa shape index (κ3) is 14.2. The highest BCUT2D eigenvalue weighted by molar-refractivity contribution is 7.98. The summed E-state index contributed by atoms with van der Waals surface area (Å²) >= 11 is 1.84. The van der Waals surface area contributed by atoms with E-state index in [4.69, 9.17) is 9.47 Å². The summed E-state index contributed by atoms with van der Waals surface area (Å²) in [4.78, 5) is 2.26. The van der Waals surface area contributed by atoms with Crippen molar-refractivity contribution in [2.75, 3.05) is 52.2 Å². The van der Waals surface area contributed by atoms with Crippen molar-refractivity contribution in [1.82, 2.24) is 4.90 Å². The highest BCUT2D eigenvalue weighted by atomic mass is 32.2. The van der Waals surface area contributed by atoms with Crippen molar-refractivity contribution in [1.29, 1.82) is 0 Å². The maximum absolute atomic E-state index is 5.50. The summed E-state index contributed by atoms with van der Waals surface area (Å²) in [5.74, 6) is 1.84. The Kier molecular flexibility index (Phi) is 12.9.